The number of hydrogen-bond acceptors (Lipinski definition) is 2. The summed E-state index contributed by atoms with van der Waals surface area (Å²) in [6.07, 6.45) is 7.72. The van der Waals surface area contributed by atoms with Gasteiger partial charge < -0.3 is 9.47 Å². The molecule has 0 aliphatic heterocycles. The van der Waals surface area contributed by atoms with Gasteiger partial charge in [-0.15, -0.1) is 13.2 Å². The van der Waals surface area contributed by atoms with Gasteiger partial charge in [0, 0.05) is 0 Å². The minimum atomic E-state index is 0.694. The number of ether oxygens (including phenoxy) is 2. The summed E-state index contributed by atoms with van der Waals surface area (Å²) in [5.41, 5.74) is 0. The first-order chi connectivity index (χ1) is 8.88. The molecule has 0 aromatic heterocycles. The second-order valence-electron chi connectivity index (χ2n) is 4.01. The molecule has 0 amide bonds. The second kappa shape index (κ2) is 9.34. The highest BCUT2D eigenvalue weighted by Crippen LogP contribution is 2.26. The molecule has 18 heavy (non-hydrogen) atoms. The SMILES string of the molecule is C=CCCCOc1ccccc1OCCCC=C. The zero-order valence-corrected chi connectivity index (χ0v) is 10.9. The van der Waals surface area contributed by atoms with Crippen LogP contribution in [0.4, 0.5) is 0 Å². The maximum absolute atomic E-state index is 5.70. The van der Waals surface area contributed by atoms with E-state index in [0.29, 0.717) is 13.2 Å². The van der Waals surface area contributed by atoms with Crippen molar-refractivity contribution in [2.75, 3.05) is 13.2 Å². The molecule has 0 bridgehead atoms. The van der Waals surface area contributed by atoms with E-state index < -0.39 is 0 Å². The average Bonchev–Trinajstić information content (AvgIpc) is 2.41. The minimum absolute atomic E-state index is 0.694. The molecule has 0 unspecified atom stereocenters. The Hall–Kier alpha value is -1.70. The van der Waals surface area contributed by atoms with Gasteiger partial charge in [0.15, 0.2) is 11.5 Å². The fraction of sp³-hybridized carbons (Fsp3) is 0.375. The molecular weight excluding hydrogens is 224 g/mol. The standard InChI is InChI=1S/C16H22O2/c1-3-5-9-13-17-15-11-7-8-12-16(15)18-14-10-6-4-2/h3-4,7-8,11-12H,1-2,5-6,9-10,13-14H2. The van der Waals surface area contributed by atoms with Crippen LogP contribution in [0, 0.1) is 0 Å². The Balaban J connectivity index is 2.40. The molecule has 1 aromatic carbocycles. The third kappa shape index (κ3) is 5.58. The summed E-state index contributed by atoms with van der Waals surface area (Å²) in [5, 5.41) is 0. The summed E-state index contributed by atoms with van der Waals surface area (Å²) >= 11 is 0. The number of benzene rings is 1. The van der Waals surface area contributed by atoms with Crippen molar-refractivity contribution in [1.82, 2.24) is 0 Å². The van der Waals surface area contributed by atoms with Gasteiger partial charge in [-0.25, -0.2) is 0 Å². The predicted molar refractivity (Wildman–Crippen MR) is 76.3 cm³/mol. The van der Waals surface area contributed by atoms with Crippen LogP contribution in [0.2, 0.25) is 0 Å². The molecule has 0 radical (unpaired) electrons. The fourth-order valence-electron chi connectivity index (χ4n) is 1.51. The van der Waals surface area contributed by atoms with E-state index in [4.69, 9.17) is 9.47 Å². The molecule has 0 saturated heterocycles. The van der Waals surface area contributed by atoms with Crippen molar-refractivity contribution in [3.63, 3.8) is 0 Å². The van der Waals surface area contributed by atoms with Crippen LogP contribution in [0.25, 0.3) is 0 Å². The predicted octanol–water partition coefficient (Wildman–Crippen LogP) is 4.38. The van der Waals surface area contributed by atoms with E-state index in [0.717, 1.165) is 37.2 Å². The monoisotopic (exact) mass is 246 g/mol. The maximum Gasteiger partial charge on any atom is 0.161 e. The largest absolute Gasteiger partial charge is 0.490 e. The zero-order chi connectivity index (χ0) is 13.1. The first-order valence-corrected chi connectivity index (χ1v) is 6.45. The molecule has 0 spiro atoms. The third-order valence-electron chi connectivity index (χ3n) is 2.47. The van der Waals surface area contributed by atoms with Gasteiger partial charge in [-0.2, -0.15) is 0 Å². The Morgan fingerprint density at radius 1 is 0.833 bits per heavy atom. The Morgan fingerprint density at radius 2 is 1.28 bits per heavy atom. The summed E-state index contributed by atoms with van der Waals surface area (Å²) < 4.78 is 11.4. The van der Waals surface area contributed by atoms with Gasteiger partial charge in [0.25, 0.3) is 0 Å². The summed E-state index contributed by atoms with van der Waals surface area (Å²) in [7, 11) is 0. The van der Waals surface area contributed by atoms with Crippen LogP contribution in [-0.2, 0) is 0 Å². The fourth-order valence-corrected chi connectivity index (χ4v) is 1.51. The van der Waals surface area contributed by atoms with E-state index in [-0.39, 0.29) is 0 Å². The Kier molecular flexibility index (Phi) is 7.45. The molecule has 2 nitrogen and oxygen atoms in total. The highest BCUT2D eigenvalue weighted by molar-refractivity contribution is 5.39. The van der Waals surface area contributed by atoms with Crippen molar-refractivity contribution in [1.29, 1.82) is 0 Å². The average molecular weight is 246 g/mol. The molecule has 0 fully saturated rings. The molecule has 1 aromatic rings. The smallest absolute Gasteiger partial charge is 0.161 e. The summed E-state index contributed by atoms with van der Waals surface area (Å²) in [4.78, 5) is 0. The van der Waals surface area contributed by atoms with Crippen molar-refractivity contribution < 1.29 is 9.47 Å². The molecule has 0 heterocycles. The third-order valence-corrected chi connectivity index (χ3v) is 2.47. The van der Waals surface area contributed by atoms with Gasteiger partial charge >= 0.3 is 0 Å². The topological polar surface area (TPSA) is 18.5 Å². The van der Waals surface area contributed by atoms with Crippen LogP contribution in [0.5, 0.6) is 11.5 Å². The quantitative estimate of drug-likeness (QED) is 0.450. The Bertz CT molecular complexity index is 323. The number of rotatable bonds is 10. The summed E-state index contributed by atoms with van der Waals surface area (Å²) in [6.45, 7) is 8.77. The van der Waals surface area contributed by atoms with E-state index in [1.54, 1.807) is 0 Å². The van der Waals surface area contributed by atoms with Crippen LogP contribution in [0.3, 0.4) is 0 Å². The van der Waals surface area contributed by atoms with E-state index in [1.165, 1.54) is 0 Å². The minimum Gasteiger partial charge on any atom is -0.490 e. The lowest BCUT2D eigenvalue weighted by Crippen LogP contribution is -2.02. The number of allylic oxidation sites excluding steroid dienone is 2. The van der Waals surface area contributed by atoms with Gasteiger partial charge in [-0.05, 0) is 37.8 Å². The van der Waals surface area contributed by atoms with Crippen LogP contribution in [0.15, 0.2) is 49.6 Å². The van der Waals surface area contributed by atoms with Crippen molar-refractivity contribution >= 4 is 0 Å². The molecular formula is C16H22O2. The van der Waals surface area contributed by atoms with Crippen molar-refractivity contribution in [2.45, 2.75) is 25.7 Å². The molecule has 98 valence electrons. The maximum atomic E-state index is 5.70. The van der Waals surface area contributed by atoms with Crippen LogP contribution in [0.1, 0.15) is 25.7 Å². The van der Waals surface area contributed by atoms with E-state index >= 15 is 0 Å². The normalized spacial score (nSPS) is 9.78. The first-order valence-electron chi connectivity index (χ1n) is 6.45. The summed E-state index contributed by atoms with van der Waals surface area (Å²) in [5.74, 6) is 1.64. The number of para-hydroxylation sites is 2. The molecule has 0 aliphatic carbocycles. The lowest BCUT2D eigenvalue weighted by molar-refractivity contribution is 0.264. The molecule has 2 heteroatoms. The first kappa shape index (κ1) is 14.4. The summed E-state index contributed by atoms with van der Waals surface area (Å²) in [6, 6.07) is 7.80. The lowest BCUT2D eigenvalue weighted by Gasteiger charge is -2.12. The van der Waals surface area contributed by atoms with Crippen LogP contribution in [-0.4, -0.2) is 13.2 Å². The zero-order valence-electron chi connectivity index (χ0n) is 10.9. The number of unbranched alkanes of at least 4 members (excludes halogenated alkanes) is 2. The second-order valence-corrected chi connectivity index (χ2v) is 4.01. The van der Waals surface area contributed by atoms with E-state index in [9.17, 15) is 0 Å². The van der Waals surface area contributed by atoms with Gasteiger partial charge in [-0.3, -0.25) is 0 Å². The Labute approximate surface area is 110 Å². The van der Waals surface area contributed by atoms with Crippen molar-refractivity contribution in [2.24, 2.45) is 0 Å². The van der Waals surface area contributed by atoms with Gasteiger partial charge in [0.2, 0.25) is 0 Å². The molecule has 0 N–H and O–H groups in total. The van der Waals surface area contributed by atoms with Crippen molar-refractivity contribution in [3.05, 3.63) is 49.6 Å². The molecule has 0 atom stereocenters. The van der Waals surface area contributed by atoms with Gasteiger partial charge in [0.05, 0.1) is 13.2 Å². The number of hydrogen-bond donors (Lipinski definition) is 0. The molecule has 0 saturated carbocycles. The van der Waals surface area contributed by atoms with Crippen LogP contribution >= 0.6 is 0 Å². The highest BCUT2D eigenvalue weighted by Gasteiger charge is 2.03. The molecule has 0 aliphatic rings. The lowest BCUT2D eigenvalue weighted by atomic mass is 10.3. The molecule has 1 rings (SSSR count). The highest BCUT2D eigenvalue weighted by atomic mass is 16.5. The van der Waals surface area contributed by atoms with Gasteiger partial charge in [0.1, 0.15) is 0 Å². The van der Waals surface area contributed by atoms with E-state index in [2.05, 4.69) is 13.2 Å². The van der Waals surface area contributed by atoms with Crippen molar-refractivity contribution in [3.8, 4) is 11.5 Å². The van der Waals surface area contributed by atoms with Crippen LogP contribution < -0.4 is 9.47 Å². The Morgan fingerprint density at radius 3 is 1.67 bits per heavy atom. The van der Waals surface area contributed by atoms with Gasteiger partial charge in [-0.1, -0.05) is 24.3 Å². The van der Waals surface area contributed by atoms with E-state index in [1.807, 2.05) is 36.4 Å².